The molecule has 0 bridgehead atoms. The smallest absolute Gasteiger partial charge is 0.244 e. The van der Waals surface area contributed by atoms with Crippen LogP contribution >= 0.6 is 0 Å². The van der Waals surface area contributed by atoms with Gasteiger partial charge in [0, 0.05) is 38.0 Å². The Morgan fingerprint density at radius 2 is 1.79 bits per heavy atom. The van der Waals surface area contributed by atoms with E-state index >= 15 is 0 Å². The fourth-order valence-corrected chi connectivity index (χ4v) is 4.36. The van der Waals surface area contributed by atoms with Gasteiger partial charge < -0.3 is 9.80 Å². The molecule has 2 amide bonds. The monoisotopic (exact) mass is 381 g/mol. The number of nitrogens with zero attached hydrogens (tertiary/aromatic N) is 5. The summed E-state index contributed by atoms with van der Waals surface area (Å²) in [6, 6.07) is 10.5. The molecule has 2 aliphatic rings. The molecule has 1 atom stereocenters. The van der Waals surface area contributed by atoms with Crippen molar-refractivity contribution in [2.45, 2.75) is 38.1 Å². The van der Waals surface area contributed by atoms with Crippen LogP contribution in [-0.2, 0) is 16.1 Å². The van der Waals surface area contributed by atoms with Gasteiger partial charge in [-0.1, -0.05) is 30.3 Å². The number of aromatic nitrogens is 3. The average Bonchev–Trinajstić information content (AvgIpc) is 3.27. The first kappa shape index (κ1) is 18.7. The van der Waals surface area contributed by atoms with Gasteiger partial charge in [-0.05, 0) is 31.2 Å². The number of hydrogen-bond acceptors (Lipinski definition) is 4. The molecule has 0 aliphatic carbocycles. The highest BCUT2D eigenvalue weighted by Gasteiger charge is 2.32. The van der Waals surface area contributed by atoms with Crippen LogP contribution in [0.15, 0.2) is 43.0 Å². The molecule has 1 unspecified atom stereocenters. The summed E-state index contributed by atoms with van der Waals surface area (Å²) in [6.45, 7) is 3.16. The lowest BCUT2D eigenvalue weighted by molar-refractivity contribution is -0.142. The first-order valence-electron chi connectivity index (χ1n) is 10.1. The second-order valence-corrected chi connectivity index (χ2v) is 7.78. The number of likely N-dealkylation sites (tertiary alicyclic amines) is 2. The molecule has 2 saturated heterocycles. The van der Waals surface area contributed by atoms with Crippen molar-refractivity contribution >= 4 is 11.8 Å². The molecule has 0 spiro atoms. The van der Waals surface area contributed by atoms with Crippen molar-refractivity contribution in [1.29, 1.82) is 0 Å². The molecule has 2 aliphatic heterocycles. The van der Waals surface area contributed by atoms with Crippen molar-refractivity contribution in [3.8, 4) is 0 Å². The van der Waals surface area contributed by atoms with Crippen molar-refractivity contribution in [3.05, 3.63) is 48.5 Å². The van der Waals surface area contributed by atoms with Crippen LogP contribution < -0.4 is 0 Å². The van der Waals surface area contributed by atoms with Crippen molar-refractivity contribution in [3.63, 3.8) is 0 Å². The van der Waals surface area contributed by atoms with Crippen LogP contribution in [0.25, 0.3) is 0 Å². The Morgan fingerprint density at radius 3 is 2.50 bits per heavy atom. The molecule has 2 aromatic rings. The summed E-state index contributed by atoms with van der Waals surface area (Å²) >= 11 is 0. The highest BCUT2D eigenvalue weighted by atomic mass is 16.2. The van der Waals surface area contributed by atoms with Gasteiger partial charge in [-0.2, -0.15) is 5.10 Å². The van der Waals surface area contributed by atoms with Gasteiger partial charge in [0.05, 0.1) is 0 Å². The minimum absolute atomic E-state index is 0.0324. The van der Waals surface area contributed by atoms with Crippen LogP contribution in [0.2, 0.25) is 0 Å². The molecular formula is C21H27N5O2. The maximum atomic E-state index is 13.1. The van der Waals surface area contributed by atoms with Gasteiger partial charge in [0.1, 0.15) is 19.2 Å². The number of carbonyl (C=O) groups excluding carboxylic acids is 2. The molecule has 7 nitrogen and oxygen atoms in total. The van der Waals surface area contributed by atoms with E-state index in [-0.39, 0.29) is 24.3 Å². The van der Waals surface area contributed by atoms with Gasteiger partial charge in [-0.25, -0.2) is 9.67 Å². The Bertz CT molecular complexity index is 784. The lowest BCUT2D eigenvalue weighted by Crippen LogP contribution is -2.47. The van der Waals surface area contributed by atoms with Gasteiger partial charge in [-0.3, -0.25) is 9.59 Å². The van der Waals surface area contributed by atoms with Crippen LogP contribution in [0.3, 0.4) is 0 Å². The van der Waals surface area contributed by atoms with E-state index in [0.29, 0.717) is 19.0 Å². The summed E-state index contributed by atoms with van der Waals surface area (Å²) in [7, 11) is 0. The molecule has 1 aromatic heterocycles. The van der Waals surface area contributed by atoms with Gasteiger partial charge >= 0.3 is 0 Å². The molecule has 0 saturated carbocycles. The van der Waals surface area contributed by atoms with E-state index in [1.165, 1.54) is 16.6 Å². The van der Waals surface area contributed by atoms with E-state index in [1.54, 1.807) is 6.33 Å². The number of piperidine rings is 2. The zero-order chi connectivity index (χ0) is 19.3. The first-order chi connectivity index (χ1) is 13.7. The summed E-state index contributed by atoms with van der Waals surface area (Å²) in [5.41, 5.74) is 1.33. The molecule has 0 radical (unpaired) electrons. The molecular weight excluding hydrogens is 354 g/mol. The summed E-state index contributed by atoms with van der Waals surface area (Å²) in [4.78, 5) is 33.2. The van der Waals surface area contributed by atoms with Crippen LogP contribution in [-0.4, -0.2) is 62.6 Å². The molecule has 0 N–H and O–H groups in total. The largest absolute Gasteiger partial charge is 0.342 e. The summed E-state index contributed by atoms with van der Waals surface area (Å²) in [5.74, 6) is 0.774. The number of benzene rings is 1. The summed E-state index contributed by atoms with van der Waals surface area (Å²) < 4.78 is 1.54. The Hall–Kier alpha value is -2.70. The lowest BCUT2D eigenvalue weighted by atomic mass is 9.88. The second kappa shape index (κ2) is 8.54. The minimum Gasteiger partial charge on any atom is -0.342 e. The number of amides is 2. The maximum Gasteiger partial charge on any atom is 0.244 e. The normalized spacial score (nSPS) is 20.9. The predicted molar refractivity (Wildman–Crippen MR) is 104 cm³/mol. The SMILES string of the molecule is O=C(Cn1cncn1)N1CCC(C(=O)N2CCCC(c3ccccc3)C2)CC1. The third-order valence-corrected chi connectivity index (χ3v) is 5.96. The van der Waals surface area contributed by atoms with Crippen LogP contribution in [0, 0.1) is 5.92 Å². The van der Waals surface area contributed by atoms with Crippen molar-refractivity contribution in [1.82, 2.24) is 24.6 Å². The fraction of sp³-hybridized carbons (Fsp3) is 0.524. The number of rotatable bonds is 4. The summed E-state index contributed by atoms with van der Waals surface area (Å²) in [6.07, 6.45) is 6.67. The molecule has 148 valence electrons. The predicted octanol–water partition coefficient (Wildman–Crippen LogP) is 1.92. The van der Waals surface area contributed by atoms with Crippen LogP contribution in [0.4, 0.5) is 0 Å². The lowest BCUT2D eigenvalue weighted by Gasteiger charge is -2.38. The highest BCUT2D eigenvalue weighted by Crippen LogP contribution is 2.29. The molecule has 4 rings (SSSR count). The third kappa shape index (κ3) is 4.24. The van der Waals surface area contributed by atoms with Crippen LogP contribution in [0.5, 0.6) is 0 Å². The Kier molecular flexibility index (Phi) is 5.69. The average molecular weight is 381 g/mol. The molecule has 1 aromatic carbocycles. The van der Waals surface area contributed by atoms with E-state index in [1.807, 2.05) is 11.0 Å². The molecule has 7 heteroatoms. The van der Waals surface area contributed by atoms with E-state index < -0.39 is 0 Å². The minimum atomic E-state index is 0.0324. The highest BCUT2D eigenvalue weighted by molar-refractivity contribution is 5.80. The fourth-order valence-electron chi connectivity index (χ4n) is 4.36. The summed E-state index contributed by atoms with van der Waals surface area (Å²) in [5, 5.41) is 3.98. The van der Waals surface area contributed by atoms with Gasteiger partial charge in [0.25, 0.3) is 0 Å². The van der Waals surface area contributed by atoms with E-state index in [4.69, 9.17) is 0 Å². The van der Waals surface area contributed by atoms with E-state index in [9.17, 15) is 9.59 Å². The topological polar surface area (TPSA) is 71.3 Å². The maximum absolute atomic E-state index is 13.1. The number of carbonyl (C=O) groups is 2. The quantitative estimate of drug-likeness (QED) is 0.811. The van der Waals surface area contributed by atoms with E-state index in [2.05, 4.69) is 39.2 Å². The van der Waals surface area contributed by atoms with E-state index in [0.717, 1.165) is 38.8 Å². The molecule has 2 fully saturated rings. The Balaban J connectivity index is 1.29. The standard InChI is InChI=1S/C21H27N5O2/c27-20(14-26-16-22-15-23-26)24-11-8-18(9-12-24)21(28)25-10-4-7-19(13-25)17-5-2-1-3-6-17/h1-3,5-6,15-16,18-19H,4,7-14H2. The zero-order valence-corrected chi connectivity index (χ0v) is 16.1. The van der Waals surface area contributed by atoms with Crippen molar-refractivity contribution < 1.29 is 9.59 Å². The number of hydrogen-bond donors (Lipinski definition) is 0. The van der Waals surface area contributed by atoms with Gasteiger partial charge in [0.2, 0.25) is 11.8 Å². The van der Waals surface area contributed by atoms with Gasteiger partial charge in [0.15, 0.2) is 0 Å². The molecule has 28 heavy (non-hydrogen) atoms. The van der Waals surface area contributed by atoms with Crippen molar-refractivity contribution in [2.24, 2.45) is 5.92 Å². The Morgan fingerprint density at radius 1 is 1.00 bits per heavy atom. The molecule has 3 heterocycles. The van der Waals surface area contributed by atoms with Gasteiger partial charge in [-0.15, -0.1) is 0 Å². The third-order valence-electron chi connectivity index (χ3n) is 5.96. The Labute approximate surface area is 165 Å². The van der Waals surface area contributed by atoms with Crippen LogP contribution in [0.1, 0.15) is 37.2 Å². The zero-order valence-electron chi connectivity index (χ0n) is 16.1. The van der Waals surface area contributed by atoms with Crippen molar-refractivity contribution in [2.75, 3.05) is 26.2 Å². The second-order valence-electron chi connectivity index (χ2n) is 7.78. The first-order valence-corrected chi connectivity index (χ1v) is 10.1.